The van der Waals surface area contributed by atoms with Crippen molar-refractivity contribution in [1.82, 2.24) is 15.0 Å². The van der Waals surface area contributed by atoms with Crippen molar-refractivity contribution >= 4 is 22.4 Å². The average Bonchev–Trinajstić information content (AvgIpc) is 3.36. The molecule has 1 atom stereocenters. The van der Waals surface area contributed by atoms with E-state index in [1.54, 1.807) is 14.2 Å². The van der Waals surface area contributed by atoms with E-state index >= 15 is 0 Å². The summed E-state index contributed by atoms with van der Waals surface area (Å²) in [6, 6.07) is 19.6. The number of nitrogens with one attached hydrogen (secondary N) is 1. The highest BCUT2D eigenvalue weighted by atomic mass is 16.5. The molecule has 1 aromatic heterocycles. The van der Waals surface area contributed by atoms with Crippen LogP contribution in [0.25, 0.3) is 22.2 Å². The number of aromatic nitrogens is 2. The second-order valence-corrected chi connectivity index (χ2v) is 8.71. The number of hydrogen-bond acceptors (Lipinski definition) is 7. The van der Waals surface area contributed by atoms with Crippen LogP contribution in [0.1, 0.15) is 18.7 Å². The van der Waals surface area contributed by atoms with E-state index < -0.39 is 0 Å². The summed E-state index contributed by atoms with van der Waals surface area (Å²) in [7, 11) is 3.18. The molecule has 8 heteroatoms. The van der Waals surface area contributed by atoms with E-state index in [0.717, 1.165) is 41.4 Å². The van der Waals surface area contributed by atoms with Gasteiger partial charge in [0.1, 0.15) is 0 Å². The Kier molecular flexibility index (Phi) is 6.63. The number of ether oxygens (including phenoxy) is 2. The van der Waals surface area contributed by atoms with Crippen LogP contribution in [0.3, 0.4) is 0 Å². The van der Waals surface area contributed by atoms with Crippen LogP contribution in [-0.4, -0.2) is 48.3 Å². The Bertz CT molecular complexity index is 1340. The summed E-state index contributed by atoms with van der Waals surface area (Å²) < 4.78 is 16.2. The van der Waals surface area contributed by atoms with E-state index in [4.69, 9.17) is 14.0 Å². The molecule has 0 spiro atoms. The van der Waals surface area contributed by atoms with Crippen molar-refractivity contribution in [2.45, 2.75) is 19.4 Å². The molecule has 1 unspecified atom stereocenters. The molecule has 180 valence electrons. The number of anilines is 1. The maximum Gasteiger partial charge on any atom is 0.241 e. The van der Waals surface area contributed by atoms with E-state index in [-0.39, 0.29) is 11.8 Å². The molecule has 1 aliphatic heterocycles. The first kappa shape index (κ1) is 22.9. The molecule has 1 aliphatic rings. The topological polar surface area (TPSA) is 89.7 Å². The lowest BCUT2D eigenvalue weighted by Gasteiger charge is -2.30. The van der Waals surface area contributed by atoms with Crippen LogP contribution in [0.2, 0.25) is 0 Å². The van der Waals surface area contributed by atoms with Crippen LogP contribution in [0.5, 0.6) is 11.5 Å². The third-order valence-corrected chi connectivity index (χ3v) is 6.36. The minimum Gasteiger partial charge on any atom is -0.493 e. The van der Waals surface area contributed by atoms with Crippen LogP contribution in [0.4, 0.5) is 5.69 Å². The third-order valence-electron chi connectivity index (χ3n) is 6.36. The Morgan fingerprint density at radius 2 is 1.89 bits per heavy atom. The van der Waals surface area contributed by atoms with E-state index in [1.807, 2.05) is 54.6 Å². The lowest BCUT2D eigenvalue weighted by molar-refractivity contribution is -0.121. The van der Waals surface area contributed by atoms with Crippen LogP contribution >= 0.6 is 0 Å². The molecule has 1 fully saturated rings. The minimum absolute atomic E-state index is 0.0431. The van der Waals surface area contributed by atoms with Gasteiger partial charge in [-0.3, -0.25) is 9.69 Å². The van der Waals surface area contributed by atoms with Crippen molar-refractivity contribution < 1.29 is 18.8 Å². The van der Waals surface area contributed by atoms with Gasteiger partial charge in [0.05, 0.1) is 26.7 Å². The Morgan fingerprint density at radius 3 is 2.71 bits per heavy atom. The summed E-state index contributed by atoms with van der Waals surface area (Å²) in [6.07, 6.45) is 1.79. The van der Waals surface area contributed by atoms with Gasteiger partial charge in [-0.15, -0.1) is 0 Å². The van der Waals surface area contributed by atoms with E-state index in [1.165, 1.54) is 0 Å². The largest absolute Gasteiger partial charge is 0.493 e. The molecule has 35 heavy (non-hydrogen) atoms. The quantitative estimate of drug-likeness (QED) is 0.415. The molecule has 3 aromatic carbocycles. The number of carbonyl (C=O) groups excluding carboxylic acids is 1. The molecule has 0 radical (unpaired) electrons. The first-order chi connectivity index (χ1) is 17.1. The third kappa shape index (κ3) is 5.12. The number of methoxy groups -OCH3 is 2. The van der Waals surface area contributed by atoms with Gasteiger partial charge >= 0.3 is 0 Å². The first-order valence-electron chi connectivity index (χ1n) is 11.7. The molecular weight excluding hydrogens is 444 g/mol. The molecule has 1 amide bonds. The zero-order chi connectivity index (χ0) is 24.2. The number of rotatable bonds is 7. The highest BCUT2D eigenvalue weighted by molar-refractivity contribution is 5.95. The molecule has 1 saturated heterocycles. The summed E-state index contributed by atoms with van der Waals surface area (Å²) in [4.78, 5) is 19.7. The van der Waals surface area contributed by atoms with E-state index in [9.17, 15) is 4.79 Å². The van der Waals surface area contributed by atoms with Gasteiger partial charge in [0.15, 0.2) is 11.5 Å². The zero-order valence-corrected chi connectivity index (χ0v) is 19.9. The number of likely N-dealkylation sites (tertiary alicyclic amines) is 1. The maximum absolute atomic E-state index is 13.0. The zero-order valence-electron chi connectivity index (χ0n) is 19.9. The predicted molar refractivity (Wildman–Crippen MR) is 133 cm³/mol. The van der Waals surface area contributed by atoms with Crippen molar-refractivity contribution in [3.8, 4) is 22.9 Å². The molecule has 0 saturated carbocycles. The summed E-state index contributed by atoms with van der Waals surface area (Å²) in [5.41, 5.74) is 1.60. The highest BCUT2D eigenvalue weighted by Gasteiger charge is 2.27. The molecule has 0 aliphatic carbocycles. The number of piperidine rings is 1. The average molecular weight is 473 g/mol. The summed E-state index contributed by atoms with van der Waals surface area (Å²) in [5, 5.41) is 9.49. The summed E-state index contributed by atoms with van der Waals surface area (Å²) in [5.74, 6) is 2.20. The smallest absolute Gasteiger partial charge is 0.241 e. The lowest BCUT2D eigenvalue weighted by Crippen LogP contribution is -2.40. The SMILES string of the molecule is COc1ccc(-c2noc(CN3CCCC(C(=O)Nc4ccc5ccccc5c4)C3)n2)cc1OC. The molecule has 0 bridgehead atoms. The molecule has 5 rings (SSSR count). The van der Waals surface area contributed by atoms with Gasteiger partial charge in [-0.2, -0.15) is 4.98 Å². The minimum atomic E-state index is -0.0940. The van der Waals surface area contributed by atoms with Crippen molar-refractivity contribution in [3.63, 3.8) is 0 Å². The fraction of sp³-hybridized carbons (Fsp3) is 0.296. The second-order valence-electron chi connectivity index (χ2n) is 8.71. The number of fused-ring (bicyclic) bond motifs is 1. The number of amides is 1. The number of carbonyl (C=O) groups is 1. The fourth-order valence-electron chi connectivity index (χ4n) is 4.53. The van der Waals surface area contributed by atoms with Crippen LogP contribution < -0.4 is 14.8 Å². The molecule has 2 heterocycles. The van der Waals surface area contributed by atoms with E-state index in [2.05, 4.69) is 26.4 Å². The van der Waals surface area contributed by atoms with Gasteiger partial charge < -0.3 is 19.3 Å². The van der Waals surface area contributed by atoms with Crippen LogP contribution in [0, 0.1) is 5.92 Å². The van der Waals surface area contributed by atoms with Crippen LogP contribution in [-0.2, 0) is 11.3 Å². The number of hydrogen-bond donors (Lipinski definition) is 1. The predicted octanol–water partition coefficient (Wildman–Crippen LogP) is 4.76. The van der Waals surface area contributed by atoms with Gasteiger partial charge in [0.2, 0.25) is 17.6 Å². The molecule has 4 aromatic rings. The second kappa shape index (κ2) is 10.1. The van der Waals surface area contributed by atoms with Crippen molar-refractivity contribution in [2.24, 2.45) is 5.92 Å². The number of nitrogens with zero attached hydrogens (tertiary/aromatic N) is 3. The van der Waals surface area contributed by atoms with Crippen molar-refractivity contribution in [3.05, 3.63) is 66.6 Å². The highest BCUT2D eigenvalue weighted by Crippen LogP contribution is 2.31. The first-order valence-corrected chi connectivity index (χ1v) is 11.7. The Hall–Kier alpha value is -3.91. The standard InChI is InChI=1S/C27H28N4O4/c1-33-23-12-10-20(15-24(23)34-2)26-29-25(35-30-26)17-31-13-5-8-21(16-31)27(32)28-22-11-9-18-6-3-4-7-19(18)14-22/h3-4,6-7,9-12,14-15,21H,5,8,13,16-17H2,1-2H3,(H,28,32). The van der Waals surface area contributed by atoms with Crippen molar-refractivity contribution in [2.75, 3.05) is 32.6 Å². The normalized spacial score (nSPS) is 16.2. The molecule has 1 N–H and O–H groups in total. The lowest BCUT2D eigenvalue weighted by atomic mass is 9.97. The Morgan fingerprint density at radius 1 is 1.06 bits per heavy atom. The van der Waals surface area contributed by atoms with Gasteiger partial charge in [-0.1, -0.05) is 35.5 Å². The fourth-order valence-corrected chi connectivity index (χ4v) is 4.53. The van der Waals surface area contributed by atoms with Gasteiger partial charge in [0.25, 0.3) is 0 Å². The Labute approximate surface area is 203 Å². The number of benzene rings is 3. The van der Waals surface area contributed by atoms with E-state index in [0.29, 0.717) is 36.3 Å². The van der Waals surface area contributed by atoms with Crippen LogP contribution in [0.15, 0.2) is 65.2 Å². The van der Waals surface area contributed by atoms with Crippen molar-refractivity contribution in [1.29, 1.82) is 0 Å². The molecular formula is C27H28N4O4. The summed E-state index contributed by atoms with van der Waals surface area (Å²) in [6.45, 7) is 2.03. The van der Waals surface area contributed by atoms with Gasteiger partial charge in [-0.25, -0.2) is 0 Å². The van der Waals surface area contributed by atoms with Gasteiger partial charge in [-0.05, 0) is 60.5 Å². The Balaban J connectivity index is 1.22. The monoisotopic (exact) mass is 472 g/mol. The maximum atomic E-state index is 13.0. The summed E-state index contributed by atoms with van der Waals surface area (Å²) >= 11 is 0. The molecule has 8 nitrogen and oxygen atoms in total. The van der Waals surface area contributed by atoms with Gasteiger partial charge in [0, 0.05) is 17.8 Å².